The lowest BCUT2D eigenvalue weighted by molar-refractivity contribution is -0.138. The molecule has 0 bridgehead atoms. The van der Waals surface area contributed by atoms with E-state index in [1.807, 2.05) is 19.1 Å². The summed E-state index contributed by atoms with van der Waals surface area (Å²) in [6, 6.07) is 18.4. The van der Waals surface area contributed by atoms with E-state index >= 15 is 0 Å². The van der Waals surface area contributed by atoms with Crippen LogP contribution < -0.4 is 5.69 Å². The minimum Gasteiger partial charge on any atom is -0.298 e. The van der Waals surface area contributed by atoms with Crippen molar-refractivity contribution in [3.8, 4) is 11.4 Å². The molecule has 1 aromatic heterocycles. The lowest BCUT2D eigenvalue weighted by atomic mass is 10.0. The van der Waals surface area contributed by atoms with Crippen molar-refractivity contribution < 1.29 is 22.4 Å². The van der Waals surface area contributed by atoms with Gasteiger partial charge in [-0.05, 0) is 36.6 Å². The number of hydrogen-bond donors (Lipinski definition) is 0. The first-order valence-corrected chi connectivity index (χ1v) is 11.3. The predicted octanol–water partition coefficient (Wildman–Crippen LogP) is 5.43. The van der Waals surface area contributed by atoms with Gasteiger partial charge in [-0.25, -0.2) is 13.9 Å². The molecule has 0 N–H and O–H groups in total. The summed E-state index contributed by atoms with van der Waals surface area (Å²) >= 11 is 0. The van der Waals surface area contributed by atoms with Crippen molar-refractivity contribution in [3.63, 3.8) is 0 Å². The molecule has 0 amide bonds. The summed E-state index contributed by atoms with van der Waals surface area (Å²) in [5, 5.41) is 4.36. The highest BCUT2D eigenvalue weighted by atomic mass is 19.4. The van der Waals surface area contributed by atoms with E-state index in [9.17, 15) is 27.2 Å². The molecule has 0 fully saturated rings. The molecule has 1 heterocycles. The molecule has 5 nitrogen and oxygen atoms in total. The van der Waals surface area contributed by atoms with Crippen LogP contribution in [0.15, 0.2) is 77.6 Å². The van der Waals surface area contributed by atoms with Crippen LogP contribution in [-0.2, 0) is 30.5 Å². The van der Waals surface area contributed by atoms with Gasteiger partial charge >= 0.3 is 11.9 Å². The van der Waals surface area contributed by atoms with Gasteiger partial charge < -0.3 is 0 Å². The van der Waals surface area contributed by atoms with E-state index in [1.165, 1.54) is 28.8 Å². The number of carbonyl (C=O) groups is 1. The lowest BCUT2D eigenvalue weighted by Crippen LogP contribution is -2.28. The fourth-order valence-corrected chi connectivity index (χ4v) is 4.04. The van der Waals surface area contributed by atoms with Crippen LogP contribution in [0.3, 0.4) is 0 Å². The standard InChI is InChI=1S/C27H23F4N3O2/c1-18-8-2-5-11-22(18)25-32-34(26(36)33(25)16-20-10-4-7-13-24(20)28)17-21(35)15-14-19-9-3-6-12-23(19)27(29,30)31/h2-13H,14-17H2,1H3. The third kappa shape index (κ3) is 5.45. The lowest BCUT2D eigenvalue weighted by Gasteiger charge is -2.12. The van der Waals surface area contributed by atoms with Crippen LogP contribution in [0, 0.1) is 12.7 Å². The van der Waals surface area contributed by atoms with Gasteiger partial charge in [-0.2, -0.15) is 13.2 Å². The Labute approximate surface area is 204 Å². The Kier molecular flexibility index (Phi) is 7.19. The highest BCUT2D eigenvalue weighted by Crippen LogP contribution is 2.32. The minimum atomic E-state index is -4.52. The van der Waals surface area contributed by atoms with Gasteiger partial charge in [0, 0.05) is 17.5 Å². The van der Waals surface area contributed by atoms with Gasteiger partial charge in [0.25, 0.3) is 0 Å². The van der Waals surface area contributed by atoms with Crippen molar-refractivity contribution in [1.29, 1.82) is 0 Å². The molecule has 3 aromatic carbocycles. The molecular formula is C27H23F4N3O2. The zero-order valence-corrected chi connectivity index (χ0v) is 19.4. The van der Waals surface area contributed by atoms with Crippen molar-refractivity contribution in [2.24, 2.45) is 0 Å². The van der Waals surface area contributed by atoms with E-state index in [2.05, 4.69) is 5.10 Å². The molecular weight excluding hydrogens is 474 g/mol. The van der Waals surface area contributed by atoms with Gasteiger partial charge in [0.1, 0.15) is 12.4 Å². The van der Waals surface area contributed by atoms with E-state index in [4.69, 9.17) is 0 Å². The number of Topliss-reactive ketones (excluding diaryl/α,β-unsaturated/α-hetero) is 1. The molecule has 0 aliphatic heterocycles. The van der Waals surface area contributed by atoms with Crippen molar-refractivity contribution >= 4 is 5.78 Å². The molecule has 186 valence electrons. The van der Waals surface area contributed by atoms with Gasteiger partial charge in [-0.1, -0.05) is 60.7 Å². The van der Waals surface area contributed by atoms with Crippen LogP contribution in [0.4, 0.5) is 17.6 Å². The first-order valence-electron chi connectivity index (χ1n) is 11.3. The average Bonchev–Trinajstić information content (AvgIpc) is 3.13. The molecule has 9 heteroatoms. The van der Waals surface area contributed by atoms with Crippen LogP contribution in [0.25, 0.3) is 11.4 Å². The highest BCUT2D eigenvalue weighted by Gasteiger charge is 2.32. The second-order valence-corrected chi connectivity index (χ2v) is 8.45. The number of carbonyl (C=O) groups excluding carboxylic acids is 1. The molecule has 0 saturated carbocycles. The number of rotatable bonds is 8. The second kappa shape index (κ2) is 10.3. The number of alkyl halides is 3. The van der Waals surface area contributed by atoms with Crippen LogP contribution in [-0.4, -0.2) is 20.1 Å². The maximum absolute atomic E-state index is 14.3. The Morgan fingerprint density at radius 2 is 1.56 bits per heavy atom. The monoisotopic (exact) mass is 497 g/mol. The second-order valence-electron chi connectivity index (χ2n) is 8.45. The molecule has 0 aliphatic carbocycles. The summed E-state index contributed by atoms with van der Waals surface area (Å²) in [6.45, 7) is 1.34. The summed E-state index contributed by atoms with van der Waals surface area (Å²) in [7, 11) is 0. The topological polar surface area (TPSA) is 56.9 Å². The summed E-state index contributed by atoms with van der Waals surface area (Å²) < 4.78 is 56.4. The molecule has 0 saturated heterocycles. The minimum absolute atomic E-state index is 0.0105. The van der Waals surface area contributed by atoms with Crippen LogP contribution in [0.5, 0.6) is 0 Å². The molecule has 36 heavy (non-hydrogen) atoms. The molecule has 4 aromatic rings. The summed E-state index contributed by atoms with van der Waals surface area (Å²) in [4.78, 5) is 25.9. The molecule has 0 aliphatic rings. The Balaban J connectivity index is 1.62. The van der Waals surface area contributed by atoms with Gasteiger partial charge in [0.05, 0.1) is 12.1 Å². The van der Waals surface area contributed by atoms with Crippen molar-refractivity contribution in [3.05, 3.63) is 111 Å². The van der Waals surface area contributed by atoms with Crippen LogP contribution in [0.1, 0.15) is 28.7 Å². The third-order valence-electron chi connectivity index (χ3n) is 5.92. The Morgan fingerprint density at radius 3 is 2.25 bits per heavy atom. The fourth-order valence-electron chi connectivity index (χ4n) is 4.04. The van der Waals surface area contributed by atoms with Gasteiger partial charge in [0.2, 0.25) is 0 Å². The number of aromatic nitrogens is 3. The SMILES string of the molecule is Cc1ccccc1-c1nn(CC(=O)CCc2ccccc2C(F)(F)F)c(=O)n1Cc1ccccc1F. The Morgan fingerprint density at radius 1 is 0.917 bits per heavy atom. The number of ketones is 1. The summed E-state index contributed by atoms with van der Waals surface area (Å²) in [6.07, 6.45) is -4.84. The fraction of sp³-hybridized carbons (Fsp3) is 0.222. The zero-order valence-electron chi connectivity index (χ0n) is 19.4. The summed E-state index contributed by atoms with van der Waals surface area (Å²) in [5.41, 5.74) is 0.378. The maximum Gasteiger partial charge on any atom is 0.416 e. The largest absolute Gasteiger partial charge is 0.416 e. The highest BCUT2D eigenvalue weighted by molar-refractivity contribution is 5.78. The summed E-state index contributed by atoms with van der Waals surface area (Å²) in [5.74, 6) is -0.648. The molecule has 4 rings (SSSR count). The third-order valence-corrected chi connectivity index (χ3v) is 5.92. The zero-order chi connectivity index (χ0) is 25.9. The van der Waals surface area contributed by atoms with Crippen molar-refractivity contribution in [1.82, 2.24) is 14.3 Å². The normalized spacial score (nSPS) is 11.6. The molecule has 0 radical (unpaired) electrons. The number of benzene rings is 3. The number of nitrogens with zero attached hydrogens (tertiary/aromatic N) is 3. The van der Waals surface area contributed by atoms with Gasteiger partial charge in [0.15, 0.2) is 11.6 Å². The van der Waals surface area contributed by atoms with E-state index in [0.717, 1.165) is 16.3 Å². The van der Waals surface area contributed by atoms with Crippen molar-refractivity contribution in [2.75, 3.05) is 0 Å². The first-order chi connectivity index (χ1) is 17.1. The van der Waals surface area contributed by atoms with E-state index in [0.29, 0.717) is 5.56 Å². The maximum atomic E-state index is 14.3. The molecule has 0 atom stereocenters. The number of hydrogen-bond acceptors (Lipinski definition) is 3. The van der Waals surface area contributed by atoms with E-state index < -0.39 is 35.6 Å². The predicted molar refractivity (Wildman–Crippen MR) is 127 cm³/mol. The van der Waals surface area contributed by atoms with Gasteiger partial charge in [-0.15, -0.1) is 5.10 Å². The first kappa shape index (κ1) is 25.1. The van der Waals surface area contributed by atoms with Crippen molar-refractivity contribution in [2.45, 2.75) is 39.0 Å². The smallest absolute Gasteiger partial charge is 0.298 e. The Hall–Kier alpha value is -4.01. The van der Waals surface area contributed by atoms with E-state index in [-0.39, 0.29) is 36.3 Å². The Bertz CT molecular complexity index is 1450. The quantitative estimate of drug-likeness (QED) is 0.305. The van der Waals surface area contributed by atoms with Gasteiger partial charge in [-0.3, -0.25) is 9.36 Å². The number of halogens is 4. The van der Waals surface area contributed by atoms with Crippen LogP contribution in [0.2, 0.25) is 0 Å². The van der Waals surface area contributed by atoms with Crippen LogP contribution >= 0.6 is 0 Å². The molecule has 0 unspecified atom stereocenters. The number of aryl methyl sites for hydroxylation is 2. The average molecular weight is 497 g/mol. The molecule has 0 spiro atoms. The van der Waals surface area contributed by atoms with E-state index in [1.54, 1.807) is 30.3 Å².